The molecule has 92 valence electrons. The molecule has 0 fully saturated rings. The Morgan fingerprint density at radius 1 is 1.35 bits per heavy atom. The summed E-state index contributed by atoms with van der Waals surface area (Å²) in [4.78, 5) is 14.2. The van der Waals surface area contributed by atoms with Crippen molar-refractivity contribution in [3.8, 4) is 0 Å². The number of carbonyl (C=O) groups excluding carboxylic acids is 1. The van der Waals surface area contributed by atoms with Crippen molar-refractivity contribution in [3.05, 3.63) is 23.8 Å². The highest BCUT2D eigenvalue weighted by molar-refractivity contribution is 5.97. The molecule has 1 unspecified atom stereocenters. The van der Waals surface area contributed by atoms with Gasteiger partial charge in [0.05, 0.1) is 0 Å². The van der Waals surface area contributed by atoms with Gasteiger partial charge in [0.15, 0.2) is 0 Å². The first-order chi connectivity index (χ1) is 8.00. The Bertz CT molecular complexity index is 440. The molecule has 3 nitrogen and oxygen atoms in total. The van der Waals surface area contributed by atoms with Gasteiger partial charge in [0.2, 0.25) is 5.91 Å². The molecule has 1 amide bonds. The van der Waals surface area contributed by atoms with Gasteiger partial charge in [-0.2, -0.15) is 0 Å². The minimum absolute atomic E-state index is 0.0681. The second-order valence-corrected chi connectivity index (χ2v) is 5.16. The fourth-order valence-corrected chi connectivity index (χ4v) is 2.18. The van der Waals surface area contributed by atoms with Gasteiger partial charge < -0.3 is 10.6 Å². The van der Waals surface area contributed by atoms with Crippen molar-refractivity contribution in [3.63, 3.8) is 0 Å². The Morgan fingerprint density at radius 3 is 2.71 bits per heavy atom. The molecule has 1 heterocycles. The topological polar surface area (TPSA) is 46.3 Å². The molecule has 0 saturated heterocycles. The lowest BCUT2D eigenvalue weighted by Gasteiger charge is -2.23. The summed E-state index contributed by atoms with van der Waals surface area (Å²) in [6, 6.07) is 5.80. The minimum atomic E-state index is 0.0681. The number of amides is 1. The van der Waals surface area contributed by atoms with Crippen molar-refractivity contribution < 1.29 is 4.79 Å². The third kappa shape index (κ3) is 2.14. The van der Waals surface area contributed by atoms with E-state index in [0.717, 1.165) is 24.3 Å². The first-order valence-electron chi connectivity index (χ1n) is 6.20. The maximum atomic E-state index is 12.3. The fraction of sp³-hybridized carbons (Fsp3) is 0.500. The summed E-state index contributed by atoms with van der Waals surface area (Å²) in [7, 11) is 0. The first-order valence-corrected chi connectivity index (χ1v) is 6.20. The summed E-state index contributed by atoms with van der Waals surface area (Å²) >= 11 is 0. The number of hydrogen-bond acceptors (Lipinski definition) is 2. The molecule has 2 rings (SSSR count). The second kappa shape index (κ2) is 4.40. The van der Waals surface area contributed by atoms with Gasteiger partial charge in [-0.15, -0.1) is 0 Å². The normalized spacial score (nSPS) is 16.1. The number of hydrogen-bond donors (Lipinski definition) is 1. The van der Waals surface area contributed by atoms with Gasteiger partial charge >= 0.3 is 0 Å². The summed E-state index contributed by atoms with van der Waals surface area (Å²) < 4.78 is 0. The Kier molecular flexibility index (Phi) is 3.09. The number of benzene rings is 1. The number of nitrogens with zero attached hydrogens (tertiary/aromatic N) is 1. The molecular formula is C14H20N2O. The Labute approximate surface area is 103 Å². The van der Waals surface area contributed by atoms with Gasteiger partial charge in [-0.1, -0.05) is 20.8 Å². The van der Waals surface area contributed by atoms with E-state index in [-0.39, 0.29) is 11.8 Å². The summed E-state index contributed by atoms with van der Waals surface area (Å²) in [5.41, 5.74) is 8.76. The summed E-state index contributed by atoms with van der Waals surface area (Å²) in [5, 5.41) is 0. The van der Waals surface area contributed by atoms with E-state index in [4.69, 9.17) is 5.73 Å². The molecule has 1 aromatic carbocycles. The van der Waals surface area contributed by atoms with Crippen LogP contribution >= 0.6 is 0 Å². The molecular weight excluding hydrogens is 212 g/mol. The highest BCUT2D eigenvalue weighted by Gasteiger charge is 2.29. The van der Waals surface area contributed by atoms with Crippen LogP contribution in [0.3, 0.4) is 0 Å². The van der Waals surface area contributed by atoms with E-state index in [0.29, 0.717) is 5.92 Å². The van der Waals surface area contributed by atoms with Crippen molar-refractivity contribution >= 4 is 17.3 Å². The summed E-state index contributed by atoms with van der Waals surface area (Å²) in [5.74, 6) is 0.669. The zero-order chi connectivity index (χ0) is 12.6. The predicted octanol–water partition coefficient (Wildman–Crippen LogP) is 2.45. The molecule has 0 aromatic heterocycles. The van der Waals surface area contributed by atoms with Crippen LogP contribution in [0, 0.1) is 11.8 Å². The standard InChI is InChI=1S/C14H20N2O/c1-9(2)10(3)14(17)16-7-6-11-8-12(15)4-5-13(11)16/h4-5,8-10H,6-7,15H2,1-3H3. The third-order valence-corrected chi connectivity index (χ3v) is 3.65. The van der Waals surface area contributed by atoms with E-state index in [2.05, 4.69) is 13.8 Å². The molecule has 0 saturated carbocycles. The van der Waals surface area contributed by atoms with Gasteiger partial charge in [0.25, 0.3) is 0 Å². The highest BCUT2D eigenvalue weighted by Crippen LogP contribution is 2.31. The number of nitrogens with two attached hydrogens (primary N) is 1. The lowest BCUT2D eigenvalue weighted by molar-refractivity contribution is -0.122. The Morgan fingerprint density at radius 2 is 2.06 bits per heavy atom. The number of rotatable bonds is 2. The number of anilines is 2. The smallest absolute Gasteiger partial charge is 0.230 e. The number of fused-ring (bicyclic) bond motifs is 1. The zero-order valence-electron chi connectivity index (χ0n) is 10.7. The molecule has 0 spiro atoms. The van der Waals surface area contributed by atoms with Crippen LogP contribution in [-0.2, 0) is 11.2 Å². The van der Waals surface area contributed by atoms with Gasteiger partial charge in [-0.3, -0.25) is 4.79 Å². The number of carbonyl (C=O) groups is 1. The van der Waals surface area contributed by atoms with Crippen molar-refractivity contribution in [1.82, 2.24) is 0 Å². The molecule has 1 aromatic rings. The predicted molar refractivity (Wildman–Crippen MR) is 70.9 cm³/mol. The Hall–Kier alpha value is -1.51. The lowest BCUT2D eigenvalue weighted by Crippen LogP contribution is -2.35. The maximum absolute atomic E-state index is 12.3. The van der Waals surface area contributed by atoms with Gasteiger partial charge in [-0.25, -0.2) is 0 Å². The number of nitrogen functional groups attached to an aromatic ring is 1. The van der Waals surface area contributed by atoms with Crippen molar-refractivity contribution in [2.75, 3.05) is 17.2 Å². The molecule has 1 aliphatic rings. The molecule has 1 aliphatic heterocycles. The molecule has 1 atom stereocenters. The summed E-state index contributed by atoms with van der Waals surface area (Å²) in [6.45, 7) is 6.96. The average Bonchev–Trinajstić information content (AvgIpc) is 2.69. The SMILES string of the molecule is CC(C)C(C)C(=O)N1CCc2cc(N)ccc21. The van der Waals surface area contributed by atoms with E-state index < -0.39 is 0 Å². The van der Waals surface area contributed by atoms with Gasteiger partial charge in [0, 0.05) is 23.8 Å². The highest BCUT2D eigenvalue weighted by atomic mass is 16.2. The first kappa shape index (κ1) is 12.0. The quantitative estimate of drug-likeness (QED) is 0.796. The van der Waals surface area contributed by atoms with Gasteiger partial charge in [0.1, 0.15) is 0 Å². The molecule has 3 heteroatoms. The minimum Gasteiger partial charge on any atom is -0.399 e. The van der Waals surface area contributed by atoms with Crippen LogP contribution < -0.4 is 10.6 Å². The van der Waals surface area contributed by atoms with Crippen molar-refractivity contribution in [1.29, 1.82) is 0 Å². The lowest BCUT2D eigenvalue weighted by atomic mass is 9.96. The van der Waals surface area contributed by atoms with Gasteiger partial charge in [-0.05, 0) is 36.1 Å². The summed E-state index contributed by atoms with van der Waals surface area (Å²) in [6.07, 6.45) is 0.914. The average molecular weight is 232 g/mol. The van der Waals surface area contributed by atoms with Crippen molar-refractivity contribution in [2.24, 2.45) is 11.8 Å². The van der Waals surface area contributed by atoms with Crippen molar-refractivity contribution in [2.45, 2.75) is 27.2 Å². The van der Waals surface area contributed by atoms with Crippen LogP contribution in [0.25, 0.3) is 0 Å². The largest absolute Gasteiger partial charge is 0.399 e. The van der Waals surface area contributed by atoms with Crippen LogP contribution in [0.15, 0.2) is 18.2 Å². The van der Waals surface area contributed by atoms with Crippen LogP contribution in [0.4, 0.5) is 11.4 Å². The molecule has 2 N–H and O–H groups in total. The molecule has 17 heavy (non-hydrogen) atoms. The van der Waals surface area contributed by atoms with E-state index in [1.54, 1.807) is 0 Å². The third-order valence-electron chi connectivity index (χ3n) is 3.65. The molecule has 0 bridgehead atoms. The van der Waals surface area contributed by atoms with E-state index in [1.165, 1.54) is 5.56 Å². The fourth-order valence-electron chi connectivity index (χ4n) is 2.18. The maximum Gasteiger partial charge on any atom is 0.230 e. The van der Waals surface area contributed by atoms with E-state index in [1.807, 2.05) is 30.0 Å². The molecule has 0 radical (unpaired) electrons. The van der Waals surface area contributed by atoms with Crippen LogP contribution in [-0.4, -0.2) is 12.5 Å². The van der Waals surface area contributed by atoms with Crippen LogP contribution in [0.5, 0.6) is 0 Å². The van der Waals surface area contributed by atoms with Crippen LogP contribution in [0.1, 0.15) is 26.3 Å². The zero-order valence-corrected chi connectivity index (χ0v) is 10.7. The Balaban J connectivity index is 2.25. The van der Waals surface area contributed by atoms with E-state index >= 15 is 0 Å². The second-order valence-electron chi connectivity index (χ2n) is 5.16. The molecule has 0 aliphatic carbocycles. The van der Waals surface area contributed by atoms with Crippen LogP contribution in [0.2, 0.25) is 0 Å². The monoisotopic (exact) mass is 232 g/mol. The van der Waals surface area contributed by atoms with E-state index in [9.17, 15) is 4.79 Å².